The zero-order valence-electron chi connectivity index (χ0n) is 19.0. The molecule has 0 saturated carbocycles. The first kappa shape index (κ1) is 27.7. The fourth-order valence-electron chi connectivity index (χ4n) is 2.87. The number of halogens is 4. The van der Waals surface area contributed by atoms with Crippen molar-refractivity contribution >= 4 is 33.5 Å². The molecule has 7 nitrogen and oxygen atoms in total. The van der Waals surface area contributed by atoms with E-state index in [0.29, 0.717) is 6.54 Å². The molecule has 12 heteroatoms. The third-order valence-corrected chi connectivity index (χ3v) is 5.09. The summed E-state index contributed by atoms with van der Waals surface area (Å²) in [6.07, 6.45) is 5.54. The van der Waals surface area contributed by atoms with Crippen LogP contribution < -0.4 is 15.4 Å². The van der Waals surface area contributed by atoms with E-state index in [1.54, 1.807) is 0 Å². The van der Waals surface area contributed by atoms with Gasteiger partial charge >= 0.3 is 6.18 Å². The van der Waals surface area contributed by atoms with Gasteiger partial charge in [0.15, 0.2) is 0 Å². The Kier molecular flexibility index (Phi) is 9.25. The SMILES string of the molecule is C#Cc1cc(CNC(=O)/C=C/c2ccc(C(F)(F)F)nc2NCCCC)cc(F)c1NS(C)(=O)=O. The summed E-state index contributed by atoms with van der Waals surface area (Å²) in [5, 5.41) is 5.35. The summed E-state index contributed by atoms with van der Waals surface area (Å²) in [6, 6.07) is 4.39. The van der Waals surface area contributed by atoms with Crippen molar-refractivity contribution in [1.29, 1.82) is 0 Å². The van der Waals surface area contributed by atoms with Gasteiger partial charge in [-0.1, -0.05) is 19.3 Å². The number of unbranched alkanes of at least 4 members (excludes halogenated alkanes) is 1. The average Bonchev–Trinajstić information content (AvgIpc) is 2.76. The van der Waals surface area contributed by atoms with Crippen molar-refractivity contribution in [3.8, 4) is 12.3 Å². The number of pyridine rings is 1. The molecule has 188 valence electrons. The van der Waals surface area contributed by atoms with Crippen molar-refractivity contribution in [2.24, 2.45) is 0 Å². The van der Waals surface area contributed by atoms with Gasteiger partial charge in [-0.15, -0.1) is 6.42 Å². The van der Waals surface area contributed by atoms with E-state index >= 15 is 0 Å². The molecule has 0 fully saturated rings. The Labute approximate surface area is 201 Å². The van der Waals surface area contributed by atoms with Crippen molar-refractivity contribution in [3.63, 3.8) is 0 Å². The lowest BCUT2D eigenvalue weighted by Gasteiger charge is -2.12. The lowest BCUT2D eigenvalue weighted by molar-refractivity contribution is -0.141. The fraction of sp³-hybridized carbons (Fsp3) is 0.304. The number of rotatable bonds is 10. The topological polar surface area (TPSA) is 100 Å². The summed E-state index contributed by atoms with van der Waals surface area (Å²) in [4.78, 5) is 15.9. The first-order valence-electron chi connectivity index (χ1n) is 10.4. The molecule has 3 N–H and O–H groups in total. The Hall–Kier alpha value is -3.59. The highest BCUT2D eigenvalue weighted by atomic mass is 32.2. The third kappa shape index (κ3) is 8.60. The molecule has 0 unspecified atom stereocenters. The third-order valence-electron chi connectivity index (χ3n) is 4.51. The highest BCUT2D eigenvalue weighted by Crippen LogP contribution is 2.30. The van der Waals surface area contributed by atoms with Gasteiger partial charge in [0.2, 0.25) is 15.9 Å². The van der Waals surface area contributed by atoms with Gasteiger partial charge in [0.25, 0.3) is 0 Å². The molecule has 1 heterocycles. The summed E-state index contributed by atoms with van der Waals surface area (Å²) in [5.74, 6) is 0.662. The summed E-state index contributed by atoms with van der Waals surface area (Å²) >= 11 is 0. The number of carbonyl (C=O) groups is 1. The lowest BCUT2D eigenvalue weighted by atomic mass is 10.1. The molecule has 0 atom stereocenters. The minimum absolute atomic E-state index is 0.00739. The van der Waals surface area contributed by atoms with Crippen LogP contribution in [0.2, 0.25) is 0 Å². The highest BCUT2D eigenvalue weighted by molar-refractivity contribution is 7.92. The van der Waals surface area contributed by atoms with E-state index in [0.717, 1.165) is 37.3 Å². The molecule has 1 aromatic carbocycles. The number of hydrogen-bond donors (Lipinski definition) is 3. The van der Waals surface area contributed by atoms with Crippen molar-refractivity contribution in [2.75, 3.05) is 22.8 Å². The molecule has 0 radical (unpaired) electrons. The monoisotopic (exact) mass is 512 g/mol. The maximum Gasteiger partial charge on any atom is 0.433 e. The number of terminal acetylenes is 1. The number of alkyl halides is 3. The number of nitrogens with one attached hydrogen (secondary N) is 3. The zero-order valence-corrected chi connectivity index (χ0v) is 19.8. The molecule has 0 bridgehead atoms. The van der Waals surface area contributed by atoms with Crippen LogP contribution in [0, 0.1) is 18.2 Å². The lowest BCUT2D eigenvalue weighted by Crippen LogP contribution is -2.21. The summed E-state index contributed by atoms with van der Waals surface area (Å²) in [6.45, 7) is 2.20. The van der Waals surface area contributed by atoms with E-state index in [1.807, 2.05) is 11.6 Å². The number of sulfonamides is 1. The minimum atomic E-state index is -4.61. The van der Waals surface area contributed by atoms with E-state index in [1.165, 1.54) is 18.2 Å². The van der Waals surface area contributed by atoms with Crippen LogP contribution in [0.5, 0.6) is 0 Å². The van der Waals surface area contributed by atoms with Gasteiger partial charge < -0.3 is 10.6 Å². The van der Waals surface area contributed by atoms with Crippen LogP contribution in [-0.4, -0.2) is 32.1 Å². The van der Waals surface area contributed by atoms with Crippen LogP contribution in [-0.2, 0) is 27.5 Å². The molecule has 35 heavy (non-hydrogen) atoms. The molecule has 0 aliphatic heterocycles. The van der Waals surface area contributed by atoms with E-state index in [4.69, 9.17) is 6.42 Å². The Morgan fingerprint density at radius 3 is 2.57 bits per heavy atom. The average molecular weight is 513 g/mol. The van der Waals surface area contributed by atoms with Crippen molar-refractivity contribution in [1.82, 2.24) is 10.3 Å². The Balaban J connectivity index is 2.15. The molecule has 2 aromatic rings. The second kappa shape index (κ2) is 11.7. The first-order chi connectivity index (χ1) is 16.3. The summed E-state index contributed by atoms with van der Waals surface area (Å²) in [7, 11) is -3.76. The number of benzene rings is 1. The van der Waals surface area contributed by atoms with Gasteiger partial charge in [0, 0.05) is 24.7 Å². The number of hydrogen-bond acceptors (Lipinski definition) is 5. The van der Waals surface area contributed by atoms with Crippen LogP contribution >= 0.6 is 0 Å². The van der Waals surface area contributed by atoms with E-state index < -0.39 is 33.6 Å². The highest BCUT2D eigenvalue weighted by Gasteiger charge is 2.32. The van der Waals surface area contributed by atoms with Crippen LogP contribution in [0.3, 0.4) is 0 Å². The minimum Gasteiger partial charge on any atom is -0.370 e. The summed E-state index contributed by atoms with van der Waals surface area (Å²) < 4.78 is 78.2. The zero-order chi connectivity index (χ0) is 26.2. The number of anilines is 2. The Bertz CT molecular complexity index is 1250. The normalized spacial score (nSPS) is 11.8. The quantitative estimate of drug-likeness (QED) is 0.192. The van der Waals surface area contributed by atoms with Crippen molar-refractivity contribution < 1.29 is 30.8 Å². The Morgan fingerprint density at radius 2 is 1.97 bits per heavy atom. The maximum absolute atomic E-state index is 14.4. The van der Waals surface area contributed by atoms with Gasteiger partial charge in [0.1, 0.15) is 17.3 Å². The molecule has 2 rings (SSSR count). The van der Waals surface area contributed by atoms with Crippen LogP contribution in [0.4, 0.5) is 29.1 Å². The predicted octanol–water partition coefficient (Wildman–Crippen LogP) is 4.13. The van der Waals surface area contributed by atoms with Crippen LogP contribution in [0.25, 0.3) is 6.08 Å². The van der Waals surface area contributed by atoms with Crippen molar-refractivity contribution in [2.45, 2.75) is 32.5 Å². The standard InChI is InChI=1S/C23H24F4N4O3S/c1-4-6-11-28-22-17(7-9-19(30-22)23(25,26)27)8-10-20(32)29-14-15-12-16(5-2)21(18(24)13-15)31-35(3,33)34/h2,7-10,12-13,31H,4,6,11,14H2,1,3H3,(H,28,30)(H,29,32)/b10-8+. The van der Waals surface area contributed by atoms with E-state index in [9.17, 15) is 30.8 Å². The number of nitrogens with zero attached hydrogens (tertiary/aromatic N) is 1. The molecule has 0 spiro atoms. The largest absolute Gasteiger partial charge is 0.433 e. The fourth-order valence-corrected chi connectivity index (χ4v) is 3.45. The second-order valence-corrected chi connectivity index (χ2v) is 9.23. The van der Waals surface area contributed by atoms with Crippen molar-refractivity contribution in [3.05, 3.63) is 58.5 Å². The van der Waals surface area contributed by atoms with Gasteiger partial charge in [-0.2, -0.15) is 13.2 Å². The predicted molar refractivity (Wildman–Crippen MR) is 126 cm³/mol. The van der Waals surface area contributed by atoms with Gasteiger partial charge in [-0.3, -0.25) is 9.52 Å². The molecule has 1 amide bonds. The van der Waals surface area contributed by atoms with E-state index in [2.05, 4.69) is 21.5 Å². The molecule has 0 aliphatic carbocycles. The van der Waals surface area contributed by atoms with Gasteiger partial charge in [-0.25, -0.2) is 17.8 Å². The smallest absolute Gasteiger partial charge is 0.370 e. The van der Waals surface area contributed by atoms with Gasteiger partial charge in [-0.05, 0) is 42.3 Å². The Morgan fingerprint density at radius 1 is 1.26 bits per heavy atom. The maximum atomic E-state index is 14.4. The molecular formula is C23H24F4N4O3S. The van der Waals surface area contributed by atoms with Gasteiger partial charge in [0.05, 0.1) is 17.5 Å². The molecule has 0 aliphatic rings. The number of carbonyl (C=O) groups excluding carboxylic acids is 1. The van der Waals surface area contributed by atoms with Crippen LogP contribution in [0.1, 0.15) is 42.1 Å². The molecule has 0 saturated heterocycles. The number of amides is 1. The second-order valence-electron chi connectivity index (χ2n) is 7.48. The molecule has 1 aromatic heterocycles. The molecular weight excluding hydrogens is 488 g/mol. The number of aromatic nitrogens is 1. The summed E-state index contributed by atoms with van der Waals surface area (Å²) in [5.41, 5.74) is -0.926. The van der Waals surface area contributed by atoms with Crippen LogP contribution in [0.15, 0.2) is 30.3 Å². The first-order valence-corrected chi connectivity index (χ1v) is 12.3. The van der Waals surface area contributed by atoms with E-state index in [-0.39, 0.29) is 34.7 Å².